The molecule has 0 radical (unpaired) electrons. The van der Waals surface area contributed by atoms with Crippen molar-refractivity contribution in [3.63, 3.8) is 0 Å². The SMILES string of the molecule is CCOCCCN1C(=O)C(CC(=O)Nc2ccc(OC)c(Cl)c2)SC1=Nc1ccccc1. The van der Waals surface area contributed by atoms with Crippen molar-refractivity contribution in [2.75, 3.05) is 32.2 Å². The summed E-state index contributed by atoms with van der Waals surface area (Å²) in [5.41, 5.74) is 1.30. The van der Waals surface area contributed by atoms with Crippen molar-refractivity contribution < 1.29 is 19.1 Å². The van der Waals surface area contributed by atoms with Gasteiger partial charge in [-0.3, -0.25) is 14.5 Å². The molecule has 1 aliphatic heterocycles. The highest BCUT2D eigenvalue weighted by Gasteiger charge is 2.38. The summed E-state index contributed by atoms with van der Waals surface area (Å²) in [4.78, 5) is 32.0. The van der Waals surface area contributed by atoms with E-state index in [-0.39, 0.29) is 18.2 Å². The van der Waals surface area contributed by atoms with Gasteiger partial charge in [-0.15, -0.1) is 0 Å². The zero-order valence-electron chi connectivity index (χ0n) is 18.0. The summed E-state index contributed by atoms with van der Waals surface area (Å²) < 4.78 is 10.5. The van der Waals surface area contributed by atoms with Gasteiger partial charge in [-0.05, 0) is 43.7 Å². The normalized spacial score (nSPS) is 17.1. The zero-order valence-corrected chi connectivity index (χ0v) is 19.6. The first kappa shape index (κ1) is 24.1. The van der Waals surface area contributed by atoms with Gasteiger partial charge in [0, 0.05) is 31.9 Å². The van der Waals surface area contributed by atoms with E-state index in [2.05, 4.69) is 10.3 Å². The Hall–Kier alpha value is -2.55. The molecule has 9 heteroatoms. The predicted octanol–water partition coefficient (Wildman–Crippen LogP) is 4.74. The second-order valence-electron chi connectivity index (χ2n) is 6.98. The van der Waals surface area contributed by atoms with Crippen LogP contribution in [-0.2, 0) is 14.3 Å². The molecule has 1 unspecified atom stereocenters. The van der Waals surface area contributed by atoms with Gasteiger partial charge in [0.25, 0.3) is 0 Å². The van der Waals surface area contributed by atoms with E-state index in [0.29, 0.717) is 47.8 Å². The third-order valence-electron chi connectivity index (χ3n) is 4.68. The molecule has 2 aromatic carbocycles. The van der Waals surface area contributed by atoms with Crippen molar-refractivity contribution in [3.8, 4) is 5.75 Å². The maximum atomic E-state index is 13.1. The number of ether oxygens (including phenoxy) is 2. The summed E-state index contributed by atoms with van der Waals surface area (Å²) >= 11 is 7.44. The van der Waals surface area contributed by atoms with E-state index in [9.17, 15) is 9.59 Å². The molecule has 1 fully saturated rings. The number of hydrogen-bond donors (Lipinski definition) is 1. The average Bonchev–Trinajstić information content (AvgIpc) is 3.06. The number of nitrogens with zero attached hydrogens (tertiary/aromatic N) is 2. The summed E-state index contributed by atoms with van der Waals surface area (Å²) in [7, 11) is 1.52. The van der Waals surface area contributed by atoms with Gasteiger partial charge in [0.05, 0.1) is 17.8 Å². The Bertz CT molecular complexity index is 971. The van der Waals surface area contributed by atoms with Gasteiger partial charge in [-0.25, -0.2) is 4.99 Å². The van der Waals surface area contributed by atoms with Crippen LogP contribution in [0.15, 0.2) is 53.5 Å². The maximum Gasteiger partial charge on any atom is 0.242 e. The average molecular weight is 476 g/mol. The van der Waals surface area contributed by atoms with Gasteiger partial charge in [-0.2, -0.15) is 0 Å². The third kappa shape index (κ3) is 6.48. The molecule has 1 saturated heterocycles. The van der Waals surface area contributed by atoms with Crippen molar-refractivity contribution >= 4 is 51.7 Å². The summed E-state index contributed by atoms with van der Waals surface area (Å²) in [5.74, 6) is 0.132. The second kappa shape index (κ2) is 11.9. The number of aliphatic imine (C=N–C) groups is 1. The molecular formula is C23H26ClN3O4S. The van der Waals surface area contributed by atoms with Crippen molar-refractivity contribution in [1.82, 2.24) is 4.90 Å². The van der Waals surface area contributed by atoms with E-state index in [1.54, 1.807) is 23.1 Å². The fourth-order valence-corrected chi connectivity index (χ4v) is 4.58. The topological polar surface area (TPSA) is 80.2 Å². The van der Waals surface area contributed by atoms with Crippen molar-refractivity contribution in [3.05, 3.63) is 53.6 Å². The zero-order chi connectivity index (χ0) is 22.9. The lowest BCUT2D eigenvalue weighted by molar-refractivity contribution is -0.128. The van der Waals surface area contributed by atoms with Gasteiger partial charge >= 0.3 is 0 Å². The minimum Gasteiger partial charge on any atom is -0.495 e. The van der Waals surface area contributed by atoms with Crippen LogP contribution in [0.2, 0.25) is 5.02 Å². The lowest BCUT2D eigenvalue weighted by Crippen LogP contribution is -2.34. The molecule has 170 valence electrons. The van der Waals surface area contributed by atoms with Crippen molar-refractivity contribution in [1.29, 1.82) is 0 Å². The first-order chi connectivity index (χ1) is 15.5. The molecule has 0 aliphatic carbocycles. The Morgan fingerprint density at radius 1 is 1.25 bits per heavy atom. The first-order valence-corrected chi connectivity index (χ1v) is 11.6. The Balaban J connectivity index is 1.69. The van der Waals surface area contributed by atoms with E-state index >= 15 is 0 Å². The largest absolute Gasteiger partial charge is 0.495 e. The molecule has 32 heavy (non-hydrogen) atoms. The number of thioether (sulfide) groups is 1. The highest BCUT2D eigenvalue weighted by molar-refractivity contribution is 8.15. The molecule has 1 N–H and O–H groups in total. The van der Waals surface area contributed by atoms with Gasteiger partial charge in [0.2, 0.25) is 11.8 Å². The van der Waals surface area contributed by atoms with Crippen molar-refractivity contribution in [2.45, 2.75) is 25.0 Å². The standard InChI is InChI=1S/C23H26ClN3O4S/c1-3-31-13-7-12-27-22(29)20(32-23(27)26-16-8-5-4-6-9-16)15-21(28)25-17-10-11-19(30-2)18(24)14-17/h4-6,8-11,14,20H,3,7,12-13,15H2,1-2H3,(H,25,28). The molecule has 3 rings (SSSR count). The summed E-state index contributed by atoms with van der Waals surface area (Å²) in [6.07, 6.45) is 0.722. The number of carbonyl (C=O) groups is 2. The molecule has 1 aliphatic rings. The number of amidine groups is 1. The number of anilines is 1. The molecule has 7 nitrogen and oxygen atoms in total. The monoisotopic (exact) mass is 475 g/mol. The third-order valence-corrected chi connectivity index (χ3v) is 6.15. The number of amides is 2. The van der Waals surface area contributed by atoms with Gasteiger partial charge in [0.15, 0.2) is 5.17 Å². The second-order valence-corrected chi connectivity index (χ2v) is 8.56. The fraction of sp³-hybridized carbons (Fsp3) is 0.348. The highest BCUT2D eigenvalue weighted by Crippen LogP contribution is 2.32. The van der Waals surface area contributed by atoms with Crippen LogP contribution in [0.5, 0.6) is 5.75 Å². The van der Waals surface area contributed by atoms with E-state index in [4.69, 9.17) is 21.1 Å². The Kier molecular flexibility index (Phi) is 8.96. The number of carbonyl (C=O) groups excluding carboxylic acids is 2. The Morgan fingerprint density at radius 3 is 2.72 bits per heavy atom. The maximum absolute atomic E-state index is 13.1. The Morgan fingerprint density at radius 2 is 2.03 bits per heavy atom. The molecule has 1 heterocycles. The number of rotatable bonds is 10. The molecule has 1 atom stereocenters. The van der Waals surface area contributed by atoms with Gasteiger partial charge in [-0.1, -0.05) is 41.6 Å². The van der Waals surface area contributed by atoms with Crippen LogP contribution in [0, 0.1) is 0 Å². The quantitative estimate of drug-likeness (QED) is 0.502. The lowest BCUT2D eigenvalue weighted by atomic mass is 10.2. The van der Waals surface area contributed by atoms with Crippen LogP contribution in [-0.4, -0.2) is 54.0 Å². The summed E-state index contributed by atoms with van der Waals surface area (Å²) in [6, 6.07) is 14.5. The van der Waals surface area contributed by atoms with Crippen LogP contribution in [0.25, 0.3) is 0 Å². The van der Waals surface area contributed by atoms with Crippen molar-refractivity contribution in [2.24, 2.45) is 4.99 Å². The molecule has 2 amide bonds. The molecule has 0 aromatic heterocycles. The number of para-hydroxylation sites is 1. The molecule has 2 aromatic rings. The lowest BCUT2D eigenvalue weighted by Gasteiger charge is -2.16. The number of hydrogen-bond acceptors (Lipinski definition) is 6. The number of nitrogens with one attached hydrogen (secondary N) is 1. The van der Waals surface area contributed by atoms with E-state index in [1.807, 2.05) is 37.3 Å². The van der Waals surface area contributed by atoms with Crippen LogP contribution < -0.4 is 10.1 Å². The van der Waals surface area contributed by atoms with E-state index < -0.39 is 5.25 Å². The molecule has 0 spiro atoms. The van der Waals surface area contributed by atoms with Gasteiger partial charge < -0.3 is 14.8 Å². The molecular weight excluding hydrogens is 450 g/mol. The number of halogens is 1. The predicted molar refractivity (Wildman–Crippen MR) is 129 cm³/mol. The minimum absolute atomic E-state index is 0.0307. The Labute approximate surface area is 197 Å². The number of methoxy groups -OCH3 is 1. The summed E-state index contributed by atoms with van der Waals surface area (Å²) in [6.45, 7) is 3.62. The summed E-state index contributed by atoms with van der Waals surface area (Å²) in [5, 5.41) is 3.25. The fourth-order valence-electron chi connectivity index (χ4n) is 3.14. The molecule has 0 saturated carbocycles. The number of benzene rings is 2. The van der Waals surface area contributed by atoms with E-state index in [0.717, 1.165) is 5.69 Å². The van der Waals surface area contributed by atoms with Gasteiger partial charge in [0.1, 0.15) is 11.0 Å². The molecule has 0 bridgehead atoms. The first-order valence-electron chi connectivity index (χ1n) is 10.3. The smallest absolute Gasteiger partial charge is 0.242 e. The van der Waals surface area contributed by atoms with Crippen LogP contribution >= 0.6 is 23.4 Å². The minimum atomic E-state index is -0.543. The van der Waals surface area contributed by atoms with Crippen LogP contribution in [0.3, 0.4) is 0 Å². The van der Waals surface area contributed by atoms with Crippen LogP contribution in [0.1, 0.15) is 19.8 Å². The highest BCUT2D eigenvalue weighted by atomic mass is 35.5. The van der Waals surface area contributed by atoms with E-state index in [1.165, 1.54) is 18.9 Å². The van der Waals surface area contributed by atoms with Crippen LogP contribution in [0.4, 0.5) is 11.4 Å².